The van der Waals surface area contributed by atoms with Gasteiger partial charge < -0.3 is 19.9 Å². The molecule has 0 aromatic heterocycles. The number of nitrogens with one attached hydrogen (secondary N) is 1. The van der Waals surface area contributed by atoms with Crippen LogP contribution in [0.5, 0.6) is 0 Å². The molecular formula is C20H29N3O4. The second-order valence-electron chi connectivity index (χ2n) is 6.50. The van der Waals surface area contributed by atoms with Crippen LogP contribution in [0.25, 0.3) is 0 Å². The van der Waals surface area contributed by atoms with Gasteiger partial charge in [-0.2, -0.15) is 0 Å². The first-order valence-electron chi connectivity index (χ1n) is 9.62. The molecular weight excluding hydrogens is 346 g/mol. The number of hydrogen-bond donors (Lipinski definition) is 1. The van der Waals surface area contributed by atoms with Gasteiger partial charge in [-0.1, -0.05) is 0 Å². The first-order chi connectivity index (χ1) is 13.0. The summed E-state index contributed by atoms with van der Waals surface area (Å²) < 4.78 is 4.94. The normalized spacial score (nSPS) is 14.6. The van der Waals surface area contributed by atoms with Crippen LogP contribution in [0.3, 0.4) is 0 Å². The van der Waals surface area contributed by atoms with E-state index >= 15 is 0 Å². The van der Waals surface area contributed by atoms with Crippen molar-refractivity contribution in [2.45, 2.75) is 33.6 Å². The standard InChI is InChI=1S/C20H29N3O4/c1-4-22(5-2)20(26)23-13-11-15(12-14-23)18(24)21-17-9-7-16(8-10-17)19(25)27-6-3/h7-10,15H,4-6,11-14H2,1-3H3,(H,21,24). The number of carbonyl (C=O) groups excluding carboxylic acids is 3. The third-order valence-corrected chi connectivity index (χ3v) is 4.83. The molecule has 1 heterocycles. The van der Waals surface area contributed by atoms with Crippen molar-refractivity contribution < 1.29 is 19.1 Å². The number of likely N-dealkylation sites (tertiary alicyclic amines) is 1. The van der Waals surface area contributed by atoms with Crippen LogP contribution in [0.15, 0.2) is 24.3 Å². The molecule has 1 fully saturated rings. The Morgan fingerprint density at radius 3 is 2.19 bits per heavy atom. The molecule has 0 saturated carbocycles. The second-order valence-corrected chi connectivity index (χ2v) is 6.50. The average Bonchev–Trinajstić information content (AvgIpc) is 2.69. The summed E-state index contributed by atoms with van der Waals surface area (Å²) >= 11 is 0. The van der Waals surface area contributed by atoms with Gasteiger partial charge in [-0.15, -0.1) is 0 Å². The number of hydrogen-bond acceptors (Lipinski definition) is 4. The number of rotatable bonds is 6. The van der Waals surface area contributed by atoms with E-state index in [9.17, 15) is 14.4 Å². The van der Waals surface area contributed by atoms with Gasteiger partial charge in [0, 0.05) is 37.8 Å². The van der Waals surface area contributed by atoms with Crippen molar-refractivity contribution in [3.63, 3.8) is 0 Å². The van der Waals surface area contributed by atoms with E-state index in [1.54, 1.807) is 36.1 Å². The fourth-order valence-corrected chi connectivity index (χ4v) is 3.18. The minimum atomic E-state index is -0.374. The first-order valence-corrected chi connectivity index (χ1v) is 9.62. The molecule has 0 atom stereocenters. The molecule has 1 saturated heterocycles. The predicted molar refractivity (Wildman–Crippen MR) is 104 cm³/mol. The Bertz CT molecular complexity index is 648. The lowest BCUT2D eigenvalue weighted by Crippen LogP contribution is -2.47. The Hall–Kier alpha value is -2.57. The van der Waals surface area contributed by atoms with Gasteiger partial charge >= 0.3 is 12.0 Å². The summed E-state index contributed by atoms with van der Waals surface area (Å²) in [5.74, 6) is -0.537. The summed E-state index contributed by atoms with van der Waals surface area (Å²) in [4.78, 5) is 40.1. The van der Waals surface area contributed by atoms with Crippen molar-refractivity contribution in [2.24, 2.45) is 5.92 Å². The van der Waals surface area contributed by atoms with Gasteiger partial charge in [-0.25, -0.2) is 9.59 Å². The average molecular weight is 375 g/mol. The Kier molecular flexibility index (Phi) is 7.64. The van der Waals surface area contributed by atoms with Gasteiger partial charge in [0.05, 0.1) is 12.2 Å². The molecule has 148 valence electrons. The van der Waals surface area contributed by atoms with Gasteiger partial charge in [0.25, 0.3) is 0 Å². The Balaban J connectivity index is 1.85. The third-order valence-electron chi connectivity index (χ3n) is 4.83. The fourth-order valence-electron chi connectivity index (χ4n) is 3.18. The van der Waals surface area contributed by atoms with E-state index in [4.69, 9.17) is 4.74 Å². The van der Waals surface area contributed by atoms with Gasteiger partial charge in [-0.3, -0.25) is 4.79 Å². The molecule has 0 aliphatic carbocycles. The van der Waals surface area contributed by atoms with E-state index in [0.717, 1.165) is 0 Å². The minimum absolute atomic E-state index is 0.0474. The van der Waals surface area contributed by atoms with Gasteiger partial charge in [0.2, 0.25) is 5.91 Å². The van der Waals surface area contributed by atoms with Crippen molar-refractivity contribution in [3.05, 3.63) is 29.8 Å². The number of carbonyl (C=O) groups is 3. The van der Waals surface area contributed by atoms with E-state index in [0.29, 0.717) is 56.9 Å². The zero-order valence-corrected chi connectivity index (χ0v) is 16.4. The lowest BCUT2D eigenvalue weighted by atomic mass is 9.96. The molecule has 1 aromatic rings. The summed E-state index contributed by atoms with van der Waals surface area (Å²) in [5, 5.41) is 2.89. The maximum atomic E-state index is 12.5. The lowest BCUT2D eigenvalue weighted by Gasteiger charge is -2.34. The maximum absolute atomic E-state index is 12.5. The van der Waals surface area contributed by atoms with Crippen molar-refractivity contribution in [2.75, 3.05) is 38.1 Å². The van der Waals surface area contributed by atoms with Crippen LogP contribution >= 0.6 is 0 Å². The quantitative estimate of drug-likeness (QED) is 0.775. The van der Waals surface area contributed by atoms with Crippen LogP contribution < -0.4 is 5.32 Å². The summed E-state index contributed by atoms with van der Waals surface area (Å²) in [6.45, 7) is 8.59. The smallest absolute Gasteiger partial charge is 0.338 e. The Morgan fingerprint density at radius 1 is 1.07 bits per heavy atom. The predicted octanol–water partition coefficient (Wildman–Crippen LogP) is 2.98. The highest BCUT2D eigenvalue weighted by molar-refractivity contribution is 5.94. The molecule has 1 aliphatic rings. The van der Waals surface area contributed by atoms with Gasteiger partial charge in [-0.05, 0) is 57.9 Å². The van der Waals surface area contributed by atoms with Crippen molar-refractivity contribution >= 4 is 23.6 Å². The van der Waals surface area contributed by atoms with Crippen LogP contribution in [0.4, 0.5) is 10.5 Å². The molecule has 1 aromatic carbocycles. The molecule has 7 heteroatoms. The van der Waals surface area contributed by atoms with Crippen LogP contribution in [-0.4, -0.2) is 60.5 Å². The van der Waals surface area contributed by atoms with E-state index in [1.807, 2.05) is 18.7 Å². The zero-order chi connectivity index (χ0) is 19.8. The highest BCUT2D eigenvalue weighted by atomic mass is 16.5. The van der Waals surface area contributed by atoms with E-state index in [-0.39, 0.29) is 23.8 Å². The molecule has 0 radical (unpaired) electrons. The molecule has 0 bridgehead atoms. The SMILES string of the molecule is CCOC(=O)c1ccc(NC(=O)C2CCN(C(=O)N(CC)CC)CC2)cc1. The highest BCUT2D eigenvalue weighted by Gasteiger charge is 2.28. The van der Waals surface area contributed by atoms with Crippen molar-refractivity contribution in [3.8, 4) is 0 Å². The van der Waals surface area contributed by atoms with Crippen LogP contribution in [0, 0.1) is 5.92 Å². The monoisotopic (exact) mass is 375 g/mol. The van der Waals surface area contributed by atoms with E-state index in [1.165, 1.54) is 0 Å². The van der Waals surface area contributed by atoms with Crippen LogP contribution in [0.1, 0.15) is 44.0 Å². The summed E-state index contributed by atoms with van der Waals surface area (Å²) in [6, 6.07) is 6.72. The van der Waals surface area contributed by atoms with E-state index < -0.39 is 0 Å². The molecule has 0 spiro atoms. The summed E-state index contributed by atoms with van der Waals surface area (Å²) in [7, 11) is 0. The molecule has 27 heavy (non-hydrogen) atoms. The summed E-state index contributed by atoms with van der Waals surface area (Å²) in [5.41, 5.74) is 1.10. The van der Waals surface area contributed by atoms with Crippen LogP contribution in [-0.2, 0) is 9.53 Å². The zero-order valence-electron chi connectivity index (χ0n) is 16.4. The number of piperidine rings is 1. The number of nitrogens with zero attached hydrogens (tertiary/aromatic N) is 2. The molecule has 1 N–H and O–H groups in total. The maximum Gasteiger partial charge on any atom is 0.338 e. The Morgan fingerprint density at radius 2 is 1.67 bits per heavy atom. The van der Waals surface area contributed by atoms with Gasteiger partial charge in [0.1, 0.15) is 0 Å². The number of urea groups is 1. The lowest BCUT2D eigenvalue weighted by molar-refractivity contribution is -0.121. The largest absolute Gasteiger partial charge is 0.462 e. The fraction of sp³-hybridized carbons (Fsp3) is 0.550. The number of esters is 1. The van der Waals surface area contributed by atoms with Crippen molar-refractivity contribution in [1.82, 2.24) is 9.80 Å². The van der Waals surface area contributed by atoms with Gasteiger partial charge in [0.15, 0.2) is 0 Å². The first kappa shape index (κ1) is 20.7. The molecule has 1 aliphatic heterocycles. The molecule has 2 rings (SSSR count). The van der Waals surface area contributed by atoms with Crippen LogP contribution in [0.2, 0.25) is 0 Å². The number of benzene rings is 1. The molecule has 3 amide bonds. The third kappa shape index (κ3) is 5.45. The highest BCUT2D eigenvalue weighted by Crippen LogP contribution is 2.21. The Labute approximate surface area is 160 Å². The van der Waals surface area contributed by atoms with Crippen molar-refractivity contribution in [1.29, 1.82) is 0 Å². The number of anilines is 1. The minimum Gasteiger partial charge on any atom is -0.462 e. The summed E-state index contributed by atoms with van der Waals surface area (Å²) in [6.07, 6.45) is 1.31. The van der Waals surface area contributed by atoms with E-state index in [2.05, 4.69) is 5.32 Å². The second kappa shape index (κ2) is 9.94. The number of amides is 3. The topological polar surface area (TPSA) is 79.0 Å². The number of ether oxygens (including phenoxy) is 1. The molecule has 0 unspecified atom stereocenters. The molecule has 7 nitrogen and oxygen atoms in total.